The van der Waals surface area contributed by atoms with Gasteiger partial charge in [0.15, 0.2) is 0 Å². The largest absolute Gasteiger partial charge is 0.406 e. The van der Waals surface area contributed by atoms with Gasteiger partial charge in [-0.3, -0.25) is 4.79 Å². The fraction of sp³-hybridized carbons (Fsp3) is 0.500. The number of amides is 1. The van der Waals surface area contributed by atoms with Crippen molar-refractivity contribution in [2.45, 2.75) is 38.9 Å². The van der Waals surface area contributed by atoms with Crippen LogP contribution in [-0.2, 0) is 0 Å². The van der Waals surface area contributed by atoms with Crippen molar-refractivity contribution in [3.8, 4) is 0 Å². The summed E-state index contributed by atoms with van der Waals surface area (Å²) < 4.78 is 38.9. The van der Waals surface area contributed by atoms with Crippen molar-refractivity contribution in [2.24, 2.45) is 0 Å². The third-order valence-corrected chi connectivity index (χ3v) is 3.73. The highest BCUT2D eigenvalue weighted by Gasteiger charge is 2.36. The highest BCUT2D eigenvalue weighted by atomic mass is 79.9. The molecule has 0 unspecified atom stereocenters. The normalized spacial score (nSPS) is 11.8. The molecule has 0 heterocycles. The van der Waals surface area contributed by atoms with Gasteiger partial charge in [0.25, 0.3) is 5.91 Å². The van der Waals surface area contributed by atoms with E-state index in [4.69, 9.17) is 5.73 Å². The molecule has 1 aromatic rings. The minimum atomic E-state index is -4.44. The average molecular weight is 367 g/mol. The average Bonchev–Trinajstić information content (AvgIpc) is 2.37. The summed E-state index contributed by atoms with van der Waals surface area (Å²) in [6.45, 7) is 2.25. The molecule has 0 radical (unpaired) electrons. The van der Waals surface area contributed by atoms with E-state index in [0.717, 1.165) is 4.90 Å². The highest BCUT2D eigenvalue weighted by molar-refractivity contribution is 9.10. The van der Waals surface area contributed by atoms with Crippen molar-refractivity contribution in [2.75, 3.05) is 12.3 Å². The van der Waals surface area contributed by atoms with Crippen LogP contribution in [0, 0.1) is 0 Å². The zero-order valence-corrected chi connectivity index (χ0v) is 13.5. The van der Waals surface area contributed by atoms with Gasteiger partial charge in [0.2, 0.25) is 0 Å². The minimum absolute atomic E-state index is 0.0920. The molecule has 0 spiro atoms. The van der Waals surface area contributed by atoms with Crippen molar-refractivity contribution in [1.29, 1.82) is 0 Å². The molecular weight excluding hydrogens is 349 g/mol. The smallest absolute Gasteiger partial charge is 0.398 e. The first kappa shape index (κ1) is 17.8. The van der Waals surface area contributed by atoms with Crippen LogP contribution in [0.4, 0.5) is 18.9 Å². The van der Waals surface area contributed by atoms with Crippen molar-refractivity contribution in [3.63, 3.8) is 0 Å². The van der Waals surface area contributed by atoms with Crippen LogP contribution >= 0.6 is 15.9 Å². The molecule has 21 heavy (non-hydrogen) atoms. The predicted octanol–water partition coefficient (Wildman–Crippen LogP) is 4.22. The molecule has 0 atom stereocenters. The van der Waals surface area contributed by atoms with Gasteiger partial charge in [-0.15, -0.1) is 0 Å². The number of nitrogens with zero attached hydrogens (tertiary/aromatic N) is 1. The van der Waals surface area contributed by atoms with E-state index in [1.807, 2.05) is 0 Å². The number of rotatable bonds is 5. The van der Waals surface area contributed by atoms with Crippen LogP contribution in [-0.4, -0.2) is 29.6 Å². The molecule has 1 rings (SSSR count). The van der Waals surface area contributed by atoms with Gasteiger partial charge in [0, 0.05) is 16.2 Å². The zero-order chi connectivity index (χ0) is 16.2. The van der Waals surface area contributed by atoms with Crippen molar-refractivity contribution >= 4 is 27.5 Å². The van der Waals surface area contributed by atoms with Gasteiger partial charge in [-0.2, -0.15) is 13.2 Å². The van der Waals surface area contributed by atoms with E-state index >= 15 is 0 Å². The van der Waals surface area contributed by atoms with E-state index in [9.17, 15) is 18.0 Å². The Balaban J connectivity index is 3.15. The van der Waals surface area contributed by atoms with Crippen LogP contribution in [0.2, 0.25) is 0 Å². The van der Waals surface area contributed by atoms with Gasteiger partial charge in [-0.05, 0) is 31.0 Å². The van der Waals surface area contributed by atoms with Crippen LogP contribution < -0.4 is 5.73 Å². The summed E-state index contributed by atoms with van der Waals surface area (Å²) in [6.07, 6.45) is -3.54. The lowest BCUT2D eigenvalue weighted by molar-refractivity contribution is -0.144. The predicted molar refractivity (Wildman–Crippen MR) is 80.0 cm³/mol. The SMILES string of the molecule is CCC(CC)N(CC(F)(F)F)C(=O)c1ccc(Br)cc1N. The maximum absolute atomic E-state index is 12.7. The van der Waals surface area contributed by atoms with Gasteiger partial charge in [-0.25, -0.2) is 0 Å². The molecule has 2 N–H and O–H groups in total. The Morgan fingerprint density at radius 1 is 1.33 bits per heavy atom. The van der Waals surface area contributed by atoms with Crippen molar-refractivity contribution < 1.29 is 18.0 Å². The Kier molecular flexibility index (Phi) is 6.07. The Morgan fingerprint density at radius 2 is 1.90 bits per heavy atom. The molecule has 0 aliphatic rings. The molecule has 0 aromatic heterocycles. The molecule has 1 aromatic carbocycles. The molecule has 7 heteroatoms. The number of carbonyl (C=O) groups is 1. The third-order valence-electron chi connectivity index (χ3n) is 3.24. The summed E-state index contributed by atoms with van der Waals surface area (Å²) in [4.78, 5) is 13.3. The second kappa shape index (κ2) is 7.15. The topological polar surface area (TPSA) is 46.3 Å². The first-order valence-electron chi connectivity index (χ1n) is 6.62. The molecule has 0 saturated heterocycles. The van der Waals surface area contributed by atoms with E-state index < -0.39 is 24.7 Å². The number of hydrogen-bond donors (Lipinski definition) is 1. The number of anilines is 1. The number of halogens is 4. The summed E-state index contributed by atoms with van der Waals surface area (Å²) in [5.41, 5.74) is 6.00. The monoisotopic (exact) mass is 366 g/mol. The fourth-order valence-electron chi connectivity index (χ4n) is 2.17. The van der Waals surface area contributed by atoms with Crippen LogP contribution in [0.5, 0.6) is 0 Å². The van der Waals surface area contributed by atoms with Crippen molar-refractivity contribution in [1.82, 2.24) is 4.90 Å². The van der Waals surface area contributed by atoms with Gasteiger partial charge in [0.05, 0.1) is 5.56 Å². The molecule has 1 amide bonds. The minimum Gasteiger partial charge on any atom is -0.398 e. The molecule has 0 aliphatic carbocycles. The molecule has 3 nitrogen and oxygen atoms in total. The molecule has 118 valence electrons. The number of benzene rings is 1. The molecule has 0 fully saturated rings. The Bertz CT molecular complexity index is 501. The number of hydrogen-bond acceptors (Lipinski definition) is 2. The lowest BCUT2D eigenvalue weighted by Crippen LogP contribution is -2.45. The first-order valence-corrected chi connectivity index (χ1v) is 7.41. The summed E-state index contributed by atoms with van der Waals surface area (Å²) in [6, 6.07) is 4.06. The number of alkyl halides is 3. The lowest BCUT2D eigenvalue weighted by atomic mass is 10.1. The molecule has 0 saturated carbocycles. The standard InChI is InChI=1S/C14H18BrF3N2O/c1-3-10(4-2)20(8-14(16,17)18)13(21)11-6-5-9(15)7-12(11)19/h5-7,10H,3-4,8,19H2,1-2H3. The van der Waals surface area contributed by atoms with Crippen LogP contribution in [0.15, 0.2) is 22.7 Å². The van der Waals surface area contributed by atoms with Crippen LogP contribution in [0.25, 0.3) is 0 Å². The van der Waals surface area contributed by atoms with Crippen molar-refractivity contribution in [3.05, 3.63) is 28.2 Å². The number of nitrogens with two attached hydrogens (primary N) is 1. The lowest BCUT2D eigenvalue weighted by Gasteiger charge is -2.31. The van der Waals surface area contributed by atoms with E-state index in [1.54, 1.807) is 19.9 Å². The molecular formula is C14H18BrF3N2O. The summed E-state index contributed by atoms with van der Waals surface area (Å²) >= 11 is 3.20. The highest BCUT2D eigenvalue weighted by Crippen LogP contribution is 2.25. The Labute approximate surface area is 130 Å². The maximum atomic E-state index is 12.7. The number of carbonyl (C=O) groups excluding carboxylic acids is 1. The van der Waals surface area contributed by atoms with Gasteiger partial charge < -0.3 is 10.6 Å². The van der Waals surface area contributed by atoms with Crippen LogP contribution in [0.3, 0.4) is 0 Å². The van der Waals surface area contributed by atoms with E-state index in [0.29, 0.717) is 17.3 Å². The second-order valence-corrected chi connectivity index (χ2v) is 5.67. The molecule has 0 aliphatic heterocycles. The van der Waals surface area contributed by atoms with E-state index in [2.05, 4.69) is 15.9 Å². The maximum Gasteiger partial charge on any atom is 0.406 e. The van der Waals surface area contributed by atoms with E-state index in [1.165, 1.54) is 12.1 Å². The fourth-order valence-corrected chi connectivity index (χ4v) is 2.55. The Morgan fingerprint density at radius 3 is 2.33 bits per heavy atom. The van der Waals surface area contributed by atoms with Gasteiger partial charge in [-0.1, -0.05) is 29.8 Å². The summed E-state index contributed by atoms with van der Waals surface area (Å²) in [5, 5.41) is 0. The third kappa shape index (κ3) is 4.91. The quantitative estimate of drug-likeness (QED) is 0.792. The summed E-state index contributed by atoms with van der Waals surface area (Å²) in [5.74, 6) is -0.689. The Hall–Kier alpha value is -1.24. The number of nitrogen functional groups attached to an aromatic ring is 1. The summed E-state index contributed by atoms with van der Waals surface area (Å²) in [7, 11) is 0. The zero-order valence-electron chi connectivity index (χ0n) is 11.9. The van der Waals surface area contributed by atoms with E-state index in [-0.39, 0.29) is 11.3 Å². The molecule has 0 bridgehead atoms. The first-order chi connectivity index (χ1) is 9.69. The van der Waals surface area contributed by atoms with Gasteiger partial charge in [0.1, 0.15) is 6.54 Å². The van der Waals surface area contributed by atoms with Crippen LogP contribution in [0.1, 0.15) is 37.0 Å². The van der Waals surface area contributed by atoms with Gasteiger partial charge >= 0.3 is 6.18 Å². The second-order valence-electron chi connectivity index (χ2n) is 4.75.